The standard InChI is InChI=1S/C68H132N8O7/c1-6-11-16-21-26-31-38-51-71-64(79)46-56-74(55-45-63(78)69-49-36-29-24-19-14-9-4)53-40-34-43-61-68(83)76(59-60(77)42-33-28-23-18-13-8-3)62(67(82)73-61)44-35-41-54-75(57-47-65(80)70-50-37-30-25-20-15-10-5)58-48-66(81)72-52-39-32-27-22-17-12-7-2/h60-62,77H,6-59H2,1-5H3,(H,69,78)(H,70,80)(H,71,79)(H,72,81)(H,73,82). The molecule has 486 valence electrons. The van der Waals surface area contributed by atoms with Gasteiger partial charge in [0.05, 0.1) is 6.10 Å². The summed E-state index contributed by atoms with van der Waals surface area (Å²) in [5.74, 6) is -0.224. The van der Waals surface area contributed by atoms with E-state index in [0.29, 0.717) is 123 Å². The van der Waals surface area contributed by atoms with Gasteiger partial charge >= 0.3 is 0 Å². The lowest BCUT2D eigenvalue weighted by atomic mass is 9.97. The van der Waals surface area contributed by atoms with E-state index in [1.807, 2.05) is 0 Å². The summed E-state index contributed by atoms with van der Waals surface area (Å²) >= 11 is 0. The molecule has 0 aliphatic carbocycles. The molecule has 83 heavy (non-hydrogen) atoms. The van der Waals surface area contributed by atoms with Gasteiger partial charge in [-0.25, -0.2) is 0 Å². The molecule has 1 rings (SSSR count). The van der Waals surface area contributed by atoms with E-state index in [1.165, 1.54) is 135 Å². The predicted octanol–water partition coefficient (Wildman–Crippen LogP) is 13.0. The highest BCUT2D eigenvalue weighted by molar-refractivity contribution is 5.97. The number of hydrogen-bond donors (Lipinski definition) is 6. The van der Waals surface area contributed by atoms with Gasteiger partial charge < -0.3 is 46.4 Å². The molecule has 3 atom stereocenters. The number of unbranched alkanes of at least 4 members (excludes halogenated alkanes) is 29. The number of amides is 6. The number of nitrogens with one attached hydrogen (secondary N) is 5. The van der Waals surface area contributed by atoms with Gasteiger partial charge in [0, 0.05) is 84.6 Å². The summed E-state index contributed by atoms with van der Waals surface area (Å²) in [4.78, 5) is 86.6. The van der Waals surface area contributed by atoms with Crippen LogP contribution >= 0.6 is 0 Å². The van der Waals surface area contributed by atoms with Crippen molar-refractivity contribution in [2.24, 2.45) is 0 Å². The van der Waals surface area contributed by atoms with Crippen molar-refractivity contribution in [3.05, 3.63) is 0 Å². The van der Waals surface area contributed by atoms with Crippen LogP contribution in [-0.4, -0.2) is 145 Å². The zero-order valence-corrected chi connectivity index (χ0v) is 54.7. The Labute approximate surface area is 509 Å². The zero-order chi connectivity index (χ0) is 60.6. The molecule has 0 aromatic rings. The van der Waals surface area contributed by atoms with Crippen molar-refractivity contribution in [1.29, 1.82) is 0 Å². The Balaban J connectivity index is 3.01. The highest BCUT2D eigenvalue weighted by atomic mass is 16.3. The minimum atomic E-state index is -0.733. The third-order valence-electron chi connectivity index (χ3n) is 16.8. The monoisotopic (exact) mass is 1170 g/mol. The van der Waals surface area contributed by atoms with E-state index < -0.39 is 18.2 Å². The summed E-state index contributed by atoms with van der Waals surface area (Å²) in [6, 6.07) is -1.39. The van der Waals surface area contributed by atoms with Gasteiger partial charge in [-0.15, -0.1) is 0 Å². The molecule has 6 amide bonds. The average Bonchev–Trinajstić information content (AvgIpc) is 3.63. The smallest absolute Gasteiger partial charge is 0.245 e. The summed E-state index contributed by atoms with van der Waals surface area (Å²) in [7, 11) is 0. The summed E-state index contributed by atoms with van der Waals surface area (Å²) in [5.41, 5.74) is 0. The molecule has 15 nitrogen and oxygen atoms in total. The molecule has 0 aromatic carbocycles. The molecule has 15 heteroatoms. The van der Waals surface area contributed by atoms with Gasteiger partial charge in [0.1, 0.15) is 12.1 Å². The number of β-amino-alcohol motifs (C(OH)–C–C–N with tert-alkyl or cyclic N) is 1. The molecule has 3 unspecified atom stereocenters. The van der Waals surface area contributed by atoms with Crippen molar-refractivity contribution in [3.8, 4) is 0 Å². The van der Waals surface area contributed by atoms with Crippen LogP contribution in [0.4, 0.5) is 0 Å². The van der Waals surface area contributed by atoms with Crippen molar-refractivity contribution in [3.63, 3.8) is 0 Å². The highest BCUT2D eigenvalue weighted by Gasteiger charge is 2.40. The lowest BCUT2D eigenvalue weighted by Gasteiger charge is -2.40. The molecule has 6 N–H and O–H groups in total. The van der Waals surface area contributed by atoms with Crippen molar-refractivity contribution < 1.29 is 33.9 Å². The van der Waals surface area contributed by atoms with Crippen molar-refractivity contribution in [1.82, 2.24) is 41.3 Å². The molecule has 1 saturated heterocycles. The minimum Gasteiger partial charge on any atom is -0.391 e. The second kappa shape index (κ2) is 56.5. The normalized spacial score (nSPS) is 14.8. The van der Waals surface area contributed by atoms with Gasteiger partial charge in [0.25, 0.3) is 0 Å². The number of aliphatic hydroxyl groups excluding tert-OH is 1. The van der Waals surface area contributed by atoms with E-state index >= 15 is 0 Å². The number of hydrogen-bond acceptors (Lipinski definition) is 9. The minimum absolute atomic E-state index is 0.0263. The van der Waals surface area contributed by atoms with Crippen LogP contribution < -0.4 is 26.6 Å². The summed E-state index contributed by atoms with van der Waals surface area (Å²) in [6.45, 7) is 17.4. The molecule has 0 saturated carbocycles. The SMILES string of the molecule is CCCCCCCCCNC(=O)CCN(CCCCC1NC(=O)C(CCCCN(CCC(=O)NCCCCCCCC)CCC(=O)NCCCCCCCCC)N(CC(O)CCCCCCCC)C1=O)CCC(=O)NCCCCCCCC. The first-order chi connectivity index (χ1) is 40.5. The first-order valence-electron chi connectivity index (χ1n) is 35.3. The maximum Gasteiger partial charge on any atom is 0.245 e. The lowest BCUT2D eigenvalue weighted by Crippen LogP contribution is -2.64. The topological polar surface area (TPSA) is 193 Å². The third-order valence-corrected chi connectivity index (χ3v) is 16.8. The molecule has 1 aliphatic rings. The molecule has 0 bridgehead atoms. The van der Waals surface area contributed by atoms with Gasteiger partial charge in [0.2, 0.25) is 35.4 Å². The molecule has 1 aliphatic heterocycles. The van der Waals surface area contributed by atoms with E-state index in [4.69, 9.17) is 0 Å². The molecule has 0 aromatic heterocycles. The lowest BCUT2D eigenvalue weighted by molar-refractivity contribution is -0.151. The van der Waals surface area contributed by atoms with Crippen LogP contribution in [-0.2, 0) is 28.8 Å². The van der Waals surface area contributed by atoms with Crippen LogP contribution in [0.1, 0.15) is 311 Å². The molecule has 0 spiro atoms. The summed E-state index contributed by atoms with van der Waals surface area (Å²) in [5, 5.41) is 26.9. The predicted molar refractivity (Wildman–Crippen MR) is 345 cm³/mol. The van der Waals surface area contributed by atoms with Crippen LogP contribution in [0.15, 0.2) is 0 Å². The molecular weight excluding hydrogens is 1040 g/mol. The van der Waals surface area contributed by atoms with Gasteiger partial charge in [0.15, 0.2) is 0 Å². The van der Waals surface area contributed by atoms with Gasteiger partial charge in [-0.05, 0) is 83.7 Å². The number of nitrogens with zero attached hydrogens (tertiary/aromatic N) is 3. The van der Waals surface area contributed by atoms with Gasteiger partial charge in [-0.2, -0.15) is 0 Å². The Bertz CT molecular complexity index is 1590. The Hall–Kier alpha value is -3.30. The van der Waals surface area contributed by atoms with Crippen LogP contribution in [0.3, 0.4) is 0 Å². The van der Waals surface area contributed by atoms with E-state index in [1.54, 1.807) is 4.90 Å². The maximum atomic E-state index is 14.5. The quantitative estimate of drug-likeness (QED) is 0.0322. The van der Waals surface area contributed by atoms with Crippen molar-refractivity contribution >= 4 is 35.4 Å². The Morgan fingerprint density at radius 2 is 0.711 bits per heavy atom. The molecular formula is C68H132N8O7. The Kier molecular flexibility index (Phi) is 52.9. The number of rotatable bonds is 61. The highest BCUT2D eigenvalue weighted by Crippen LogP contribution is 2.22. The van der Waals surface area contributed by atoms with Crippen molar-refractivity contribution in [2.75, 3.05) is 72.0 Å². The maximum absolute atomic E-state index is 14.5. The van der Waals surface area contributed by atoms with Gasteiger partial charge in [-0.1, -0.05) is 214 Å². The third kappa shape index (κ3) is 45.7. The number of carbonyl (C=O) groups excluding carboxylic acids is 6. The largest absolute Gasteiger partial charge is 0.391 e. The van der Waals surface area contributed by atoms with Crippen molar-refractivity contribution in [2.45, 2.75) is 329 Å². The Morgan fingerprint density at radius 3 is 1.05 bits per heavy atom. The van der Waals surface area contributed by atoms with Crippen LogP contribution in [0.2, 0.25) is 0 Å². The first-order valence-corrected chi connectivity index (χ1v) is 35.3. The fourth-order valence-electron chi connectivity index (χ4n) is 11.3. The van der Waals surface area contributed by atoms with Crippen LogP contribution in [0, 0.1) is 0 Å². The number of aliphatic hydroxyl groups is 1. The van der Waals surface area contributed by atoms with Crippen LogP contribution in [0.25, 0.3) is 0 Å². The second-order valence-corrected chi connectivity index (χ2v) is 24.6. The Morgan fingerprint density at radius 1 is 0.410 bits per heavy atom. The second-order valence-electron chi connectivity index (χ2n) is 24.6. The van der Waals surface area contributed by atoms with E-state index in [2.05, 4.69) is 71.0 Å². The number of carbonyl (C=O) groups is 6. The molecule has 0 radical (unpaired) electrons. The van der Waals surface area contributed by atoms with E-state index in [9.17, 15) is 33.9 Å². The fraction of sp³-hybridized carbons (Fsp3) is 0.912. The van der Waals surface area contributed by atoms with Crippen LogP contribution in [0.5, 0.6) is 0 Å². The average molecular weight is 1170 g/mol. The first kappa shape index (κ1) is 77.7. The summed E-state index contributed by atoms with van der Waals surface area (Å²) < 4.78 is 0. The fourth-order valence-corrected chi connectivity index (χ4v) is 11.3. The molecule has 1 fully saturated rings. The van der Waals surface area contributed by atoms with E-state index in [0.717, 1.165) is 83.5 Å². The number of piperazine rings is 1. The molecule has 1 heterocycles. The zero-order valence-electron chi connectivity index (χ0n) is 54.7. The van der Waals surface area contributed by atoms with E-state index in [-0.39, 0.29) is 42.0 Å². The van der Waals surface area contributed by atoms with Gasteiger partial charge in [-0.3, -0.25) is 28.8 Å². The summed E-state index contributed by atoms with van der Waals surface area (Å²) in [6.07, 6.45) is 42.2.